The van der Waals surface area contributed by atoms with Gasteiger partial charge >= 0.3 is 0 Å². The molecule has 1 heterocycles. The Labute approximate surface area is 53.3 Å². The van der Waals surface area contributed by atoms with Crippen molar-refractivity contribution in [3.05, 3.63) is 11.8 Å². The fourth-order valence-corrected chi connectivity index (χ4v) is 0.633. The smallest absolute Gasteiger partial charge is 0.184 e. The molecule has 0 atom stereocenters. The molecule has 0 aromatic carbocycles. The summed E-state index contributed by atoms with van der Waals surface area (Å²) in [6.45, 7) is 0.606. The lowest BCUT2D eigenvalue weighted by Gasteiger charge is -2.10. The highest BCUT2D eigenvalue weighted by Crippen LogP contribution is 2.01. The van der Waals surface area contributed by atoms with Gasteiger partial charge in [0, 0.05) is 6.08 Å². The minimum absolute atomic E-state index is 0.0295. The molecule has 1 aliphatic rings. The summed E-state index contributed by atoms with van der Waals surface area (Å²) in [5.74, 6) is 0.573. The van der Waals surface area contributed by atoms with Gasteiger partial charge in [0.05, 0.1) is 7.11 Å². The molecule has 3 nitrogen and oxygen atoms in total. The van der Waals surface area contributed by atoms with Gasteiger partial charge in [0.1, 0.15) is 19.0 Å². The first-order valence-corrected chi connectivity index (χ1v) is 2.68. The minimum atomic E-state index is -0.0295. The second-order valence-corrected chi connectivity index (χ2v) is 1.77. The third-order valence-electron chi connectivity index (χ3n) is 1.07. The van der Waals surface area contributed by atoms with Gasteiger partial charge < -0.3 is 9.47 Å². The Bertz CT molecular complexity index is 148. The summed E-state index contributed by atoms with van der Waals surface area (Å²) < 4.78 is 9.62. The molecule has 0 aromatic heterocycles. The molecule has 1 aliphatic heterocycles. The molecule has 3 heteroatoms. The van der Waals surface area contributed by atoms with Gasteiger partial charge in [0.25, 0.3) is 0 Å². The maximum absolute atomic E-state index is 10.6. The molecule has 50 valence electrons. The molecule has 0 radical (unpaired) electrons. The van der Waals surface area contributed by atoms with Crippen molar-refractivity contribution in [1.82, 2.24) is 0 Å². The van der Waals surface area contributed by atoms with E-state index in [1.807, 2.05) is 0 Å². The summed E-state index contributed by atoms with van der Waals surface area (Å²) in [6, 6.07) is 0. The monoisotopic (exact) mass is 128 g/mol. The highest BCUT2D eigenvalue weighted by Gasteiger charge is 2.08. The van der Waals surface area contributed by atoms with Crippen LogP contribution in [0.15, 0.2) is 11.8 Å². The molecule has 0 N–H and O–H groups in total. The molecular weight excluding hydrogens is 120 g/mol. The van der Waals surface area contributed by atoms with Crippen molar-refractivity contribution in [2.45, 2.75) is 0 Å². The number of hydrogen-bond acceptors (Lipinski definition) is 3. The molecule has 0 amide bonds. The van der Waals surface area contributed by atoms with E-state index >= 15 is 0 Å². The van der Waals surface area contributed by atoms with Crippen molar-refractivity contribution in [2.24, 2.45) is 0 Å². The van der Waals surface area contributed by atoms with Crippen LogP contribution >= 0.6 is 0 Å². The quantitative estimate of drug-likeness (QED) is 0.503. The molecule has 0 bridgehead atoms. The molecule has 0 aromatic rings. The van der Waals surface area contributed by atoms with E-state index in [0.29, 0.717) is 12.4 Å². The topological polar surface area (TPSA) is 35.5 Å². The van der Waals surface area contributed by atoms with E-state index in [1.165, 1.54) is 13.2 Å². The van der Waals surface area contributed by atoms with Crippen molar-refractivity contribution < 1.29 is 14.3 Å². The van der Waals surface area contributed by atoms with Crippen LogP contribution in [0.25, 0.3) is 0 Å². The number of methoxy groups -OCH3 is 1. The van der Waals surface area contributed by atoms with Crippen LogP contribution in [0.4, 0.5) is 0 Å². The average molecular weight is 128 g/mol. The van der Waals surface area contributed by atoms with Crippen LogP contribution in [0, 0.1) is 0 Å². The van der Waals surface area contributed by atoms with Gasteiger partial charge in [-0.3, -0.25) is 4.79 Å². The second kappa shape index (κ2) is 2.64. The predicted molar refractivity (Wildman–Crippen MR) is 30.9 cm³/mol. The Morgan fingerprint density at radius 1 is 1.67 bits per heavy atom. The van der Waals surface area contributed by atoms with Crippen molar-refractivity contribution in [3.8, 4) is 0 Å². The fourth-order valence-electron chi connectivity index (χ4n) is 0.633. The van der Waals surface area contributed by atoms with Crippen LogP contribution < -0.4 is 0 Å². The highest BCUT2D eigenvalue weighted by molar-refractivity contribution is 5.91. The first-order chi connectivity index (χ1) is 4.33. The van der Waals surface area contributed by atoms with E-state index in [0.717, 1.165) is 0 Å². The Kier molecular flexibility index (Phi) is 1.85. The van der Waals surface area contributed by atoms with Crippen LogP contribution in [0.1, 0.15) is 0 Å². The summed E-state index contributed by atoms with van der Waals surface area (Å²) in [5, 5.41) is 0. The third-order valence-corrected chi connectivity index (χ3v) is 1.07. The lowest BCUT2D eigenvalue weighted by Crippen LogP contribution is -2.15. The van der Waals surface area contributed by atoms with E-state index < -0.39 is 0 Å². The molecule has 0 saturated heterocycles. The molecule has 1 rings (SSSR count). The maximum Gasteiger partial charge on any atom is 0.184 e. The van der Waals surface area contributed by atoms with Gasteiger partial charge in [0.2, 0.25) is 0 Å². The molecular formula is C6H8O3. The van der Waals surface area contributed by atoms with E-state index in [2.05, 4.69) is 0 Å². The Hall–Kier alpha value is -0.830. The minimum Gasteiger partial charge on any atom is -0.499 e. The number of hydrogen-bond donors (Lipinski definition) is 0. The molecule has 0 unspecified atom stereocenters. The number of carbonyl (C=O) groups is 1. The zero-order valence-corrected chi connectivity index (χ0v) is 5.22. The third kappa shape index (κ3) is 1.54. The van der Waals surface area contributed by atoms with Crippen LogP contribution in [-0.4, -0.2) is 26.1 Å². The molecule has 0 spiro atoms. The lowest BCUT2D eigenvalue weighted by molar-refractivity contribution is -0.120. The summed E-state index contributed by atoms with van der Waals surface area (Å²) in [5.41, 5.74) is 0. The first-order valence-electron chi connectivity index (χ1n) is 2.68. The predicted octanol–water partition coefficient (Wildman–Crippen LogP) is 0.116. The van der Waals surface area contributed by atoms with Crippen molar-refractivity contribution in [3.63, 3.8) is 0 Å². The number of carbonyl (C=O) groups excluding carboxylic acids is 1. The van der Waals surface area contributed by atoms with Gasteiger partial charge in [0.15, 0.2) is 5.78 Å². The van der Waals surface area contributed by atoms with Gasteiger partial charge in [-0.2, -0.15) is 0 Å². The number of rotatable bonds is 1. The Morgan fingerprint density at radius 3 is 2.89 bits per heavy atom. The number of ketones is 1. The zero-order chi connectivity index (χ0) is 6.69. The normalized spacial score (nSPS) is 19.2. The van der Waals surface area contributed by atoms with Crippen molar-refractivity contribution in [1.29, 1.82) is 0 Å². The Balaban J connectivity index is 2.59. The van der Waals surface area contributed by atoms with Crippen LogP contribution in [0.3, 0.4) is 0 Å². The summed E-state index contributed by atoms with van der Waals surface area (Å²) in [6.07, 6.45) is 1.46. The highest BCUT2D eigenvalue weighted by atomic mass is 16.5. The summed E-state index contributed by atoms with van der Waals surface area (Å²) in [4.78, 5) is 10.6. The van der Waals surface area contributed by atoms with Crippen LogP contribution in [0.5, 0.6) is 0 Å². The van der Waals surface area contributed by atoms with Gasteiger partial charge in [-0.1, -0.05) is 0 Å². The lowest BCUT2D eigenvalue weighted by atomic mass is 10.3. The number of ether oxygens (including phenoxy) is 2. The fraction of sp³-hybridized carbons (Fsp3) is 0.500. The molecule has 9 heavy (non-hydrogen) atoms. The largest absolute Gasteiger partial charge is 0.499 e. The van der Waals surface area contributed by atoms with Crippen LogP contribution in [-0.2, 0) is 14.3 Å². The standard InChI is InChI=1S/C6H8O3/c1-8-6-2-5(7)3-9-4-6/h2H,3-4H2,1H3. The second-order valence-electron chi connectivity index (χ2n) is 1.77. The first kappa shape index (κ1) is 6.29. The van der Waals surface area contributed by atoms with Crippen LogP contribution in [0.2, 0.25) is 0 Å². The summed E-state index contributed by atoms with van der Waals surface area (Å²) in [7, 11) is 1.52. The van der Waals surface area contributed by atoms with E-state index in [-0.39, 0.29) is 12.4 Å². The summed E-state index contributed by atoms with van der Waals surface area (Å²) >= 11 is 0. The van der Waals surface area contributed by atoms with E-state index in [1.54, 1.807) is 0 Å². The van der Waals surface area contributed by atoms with E-state index in [9.17, 15) is 4.79 Å². The van der Waals surface area contributed by atoms with Crippen molar-refractivity contribution in [2.75, 3.05) is 20.3 Å². The Morgan fingerprint density at radius 2 is 2.44 bits per heavy atom. The molecule has 0 fully saturated rings. The maximum atomic E-state index is 10.6. The van der Waals surface area contributed by atoms with Gasteiger partial charge in [-0.15, -0.1) is 0 Å². The molecule has 0 aliphatic carbocycles. The molecule has 0 saturated carbocycles. The van der Waals surface area contributed by atoms with E-state index in [4.69, 9.17) is 9.47 Å². The average Bonchev–Trinajstić information content (AvgIpc) is 1.88. The SMILES string of the molecule is COC1=CC(=O)COC1. The van der Waals surface area contributed by atoms with Gasteiger partial charge in [-0.05, 0) is 0 Å². The van der Waals surface area contributed by atoms with Crippen molar-refractivity contribution >= 4 is 5.78 Å². The zero-order valence-electron chi connectivity index (χ0n) is 5.22. The van der Waals surface area contributed by atoms with Gasteiger partial charge in [-0.25, -0.2) is 0 Å².